The van der Waals surface area contributed by atoms with E-state index in [0.29, 0.717) is 0 Å². The number of aliphatic carboxylic acids is 2. The van der Waals surface area contributed by atoms with Crippen molar-refractivity contribution < 1.29 is 136 Å². The Hall–Kier alpha value is -3.14. The van der Waals surface area contributed by atoms with Crippen LogP contribution < -0.4 is 0 Å². The van der Waals surface area contributed by atoms with Gasteiger partial charge in [-0.1, -0.05) is 0 Å². The van der Waals surface area contributed by atoms with Crippen LogP contribution in [0, 0.1) is 0 Å². The minimum absolute atomic E-state index is 0. The Morgan fingerprint density at radius 1 is 0.500 bits per heavy atom. The van der Waals surface area contributed by atoms with Crippen LogP contribution in [0.2, 0.25) is 0 Å². The molecule has 25 heteroatoms. The minimum atomic E-state index is -3.94. The molecule has 0 aromatic rings. The van der Waals surface area contributed by atoms with Crippen molar-refractivity contribution in [2.75, 3.05) is 0 Å². The summed E-state index contributed by atoms with van der Waals surface area (Å²) in [6, 6.07) is 0. The van der Waals surface area contributed by atoms with Crippen LogP contribution in [0.3, 0.4) is 0 Å². The average Bonchev–Trinajstić information content (AvgIpc) is 2.98. The summed E-state index contributed by atoms with van der Waals surface area (Å²) < 4.78 is 17.1. The van der Waals surface area contributed by atoms with Gasteiger partial charge in [-0.2, -0.15) is 0 Å². The number of carboxylic acids is 2. The van der Waals surface area contributed by atoms with Gasteiger partial charge in [0.2, 0.25) is 0 Å². The molecule has 1 unspecified atom stereocenters. The second kappa shape index (κ2) is 16.3. The van der Waals surface area contributed by atoms with Crippen LogP contribution in [0.1, 0.15) is 0 Å². The van der Waals surface area contributed by atoms with E-state index >= 15 is 0 Å². The normalized spacial score (nSPS) is 35.6. The van der Waals surface area contributed by atoms with Crippen LogP contribution in [-0.4, -0.2) is 187 Å². The van der Waals surface area contributed by atoms with E-state index in [0.717, 1.165) is 0 Å². The van der Waals surface area contributed by atoms with Crippen LogP contribution in [0.5, 0.6) is 0 Å². The number of ether oxygens (including phenoxy) is 4. The molecule has 2 aliphatic rings. The van der Waals surface area contributed by atoms with Crippen LogP contribution in [0.25, 0.3) is 0 Å². The van der Waals surface area contributed by atoms with E-state index in [-0.39, 0.29) is 17.1 Å². The molecule has 0 aromatic carbocycles. The molecule has 14 N–H and O–H groups in total. The minimum Gasteiger partial charge on any atom is -0.479 e. The van der Waals surface area contributed by atoms with Crippen molar-refractivity contribution in [3.8, 4) is 0 Å². The van der Waals surface area contributed by atoms with E-state index in [1.165, 1.54) is 0 Å². The fourth-order valence-electron chi connectivity index (χ4n) is 2.83. The van der Waals surface area contributed by atoms with Crippen LogP contribution in [0.4, 0.5) is 0 Å². The van der Waals surface area contributed by atoms with Crippen LogP contribution in [0.15, 0.2) is 0 Å². The van der Waals surface area contributed by atoms with E-state index in [9.17, 15) is 69.6 Å². The first-order valence-electron chi connectivity index (χ1n) is 11.1. The van der Waals surface area contributed by atoms with Gasteiger partial charge in [-0.15, -0.1) is 0 Å². The molecule has 0 bridgehead atoms. The van der Waals surface area contributed by atoms with Gasteiger partial charge in [-0.3, -0.25) is 0 Å². The molecular weight excluding hydrogens is 668 g/mol. The SMILES string of the molecule is O=C(O)[C@@H](O)[C@H](O)[C@H](O)[C@@H](O)C(=O)O.O=C1OC2(OC(=O)[C@H](O)[C@H](O)[C@H](O)[C@@H](O)C(=O)O2)OC(=O)[C@H](O)[C@@H](O)[C@@H](O)[C@@H]1O.[Fe]. The van der Waals surface area contributed by atoms with E-state index in [1.54, 1.807) is 0 Å². The Bertz CT molecular complexity index is 925. The molecule has 2 fully saturated rings. The summed E-state index contributed by atoms with van der Waals surface area (Å²) in [5.41, 5.74) is 0. The van der Waals surface area contributed by atoms with Gasteiger partial charge in [0.15, 0.2) is 36.6 Å². The quantitative estimate of drug-likeness (QED) is 0.0938. The van der Waals surface area contributed by atoms with E-state index in [1.807, 2.05) is 0 Å². The third kappa shape index (κ3) is 9.43. The molecule has 0 aromatic heterocycles. The Morgan fingerprint density at radius 2 is 0.682 bits per heavy atom. The maximum atomic E-state index is 11.9. The summed E-state index contributed by atoms with van der Waals surface area (Å²) in [5.74, 6) is -11.8. The largest absolute Gasteiger partial charge is 0.620 e. The first kappa shape index (κ1) is 40.9. The second-order valence-electron chi connectivity index (χ2n) is 8.47. The summed E-state index contributed by atoms with van der Waals surface area (Å²) in [4.78, 5) is 67.9. The summed E-state index contributed by atoms with van der Waals surface area (Å²) in [5, 5.41) is 128. The van der Waals surface area contributed by atoms with Crippen molar-refractivity contribution in [2.45, 2.75) is 79.4 Å². The smallest absolute Gasteiger partial charge is 0.479 e. The topological polar surface area (TPSA) is 423 Å². The Kier molecular flexibility index (Phi) is 15.1. The molecule has 1 spiro atoms. The summed E-state index contributed by atoms with van der Waals surface area (Å²) in [7, 11) is 0. The third-order valence-corrected chi connectivity index (χ3v) is 5.37. The molecule has 24 nitrogen and oxygen atoms in total. The molecule has 13 atom stereocenters. The monoisotopic (exact) mass is 694 g/mol. The number of carbonyl (C=O) groups excluding carboxylic acids is 4. The van der Waals surface area contributed by atoms with Gasteiger partial charge in [0.1, 0.15) is 36.6 Å². The summed E-state index contributed by atoms with van der Waals surface area (Å²) >= 11 is 0. The first-order valence-corrected chi connectivity index (χ1v) is 11.1. The van der Waals surface area contributed by atoms with Gasteiger partial charge in [-0.25, -0.2) is 28.8 Å². The molecule has 2 saturated heterocycles. The number of aliphatic hydroxyl groups is 12. The van der Waals surface area contributed by atoms with Crippen molar-refractivity contribution in [3.05, 3.63) is 0 Å². The molecular formula is C19H26FeO24. The third-order valence-electron chi connectivity index (χ3n) is 5.37. The molecule has 2 heterocycles. The zero-order valence-corrected chi connectivity index (χ0v) is 22.2. The molecule has 0 radical (unpaired) electrons. The van der Waals surface area contributed by atoms with Gasteiger partial charge in [0, 0.05) is 17.1 Å². The Morgan fingerprint density at radius 3 is 0.841 bits per heavy atom. The van der Waals surface area contributed by atoms with Gasteiger partial charge in [0.25, 0.3) is 0 Å². The Balaban J connectivity index is 0.00000105. The van der Waals surface area contributed by atoms with Crippen molar-refractivity contribution in [1.82, 2.24) is 0 Å². The zero-order chi connectivity index (χ0) is 33.7. The van der Waals surface area contributed by atoms with Gasteiger partial charge in [0.05, 0.1) is 0 Å². The number of esters is 4. The molecule has 2 rings (SSSR count). The van der Waals surface area contributed by atoms with Crippen LogP contribution in [-0.2, 0) is 64.8 Å². The number of hydrogen-bond donors (Lipinski definition) is 14. The van der Waals surface area contributed by atoms with Crippen molar-refractivity contribution in [3.63, 3.8) is 0 Å². The number of hydrogen-bond acceptors (Lipinski definition) is 22. The van der Waals surface area contributed by atoms with Crippen molar-refractivity contribution >= 4 is 35.8 Å². The standard InChI is InChI=1S/C13H16O16.C6H10O8.Fe/c14-1-2(15)6(19)10(23)27-13(26-9(22)5(1)18)28-11(24)7(20)3(16)4(17)8(21)12(25)29-13;7-1(3(9)5(11)12)2(8)4(10)6(13)14;/h1-8,14-21H;1-4,7-10H,(H,11,12)(H,13,14);/t1-,2+,3-,4+,5-,6-,7+,8-,13?;1-,2+,3+,4-;/m1../s1. The predicted molar refractivity (Wildman–Crippen MR) is 114 cm³/mol. The Labute approximate surface area is 251 Å². The molecule has 44 heavy (non-hydrogen) atoms. The number of rotatable bonds is 5. The molecule has 254 valence electrons. The maximum Gasteiger partial charge on any atom is 0.620 e. The molecule has 0 saturated carbocycles. The summed E-state index contributed by atoms with van der Waals surface area (Å²) in [6.07, 6.45) is -34.3. The second-order valence-corrected chi connectivity index (χ2v) is 8.47. The maximum absolute atomic E-state index is 11.9. The summed E-state index contributed by atoms with van der Waals surface area (Å²) in [6.45, 7) is 0. The molecule has 0 aliphatic carbocycles. The van der Waals surface area contributed by atoms with Crippen LogP contribution >= 0.6 is 0 Å². The number of carboxylic acid groups (broad SMARTS) is 2. The average molecular weight is 694 g/mol. The number of aliphatic hydroxyl groups excluding tert-OH is 12. The van der Waals surface area contributed by atoms with E-state index in [4.69, 9.17) is 30.6 Å². The van der Waals surface area contributed by atoms with Crippen molar-refractivity contribution in [2.24, 2.45) is 0 Å². The molecule has 0 amide bonds. The number of carbonyl (C=O) groups is 6. The zero-order valence-electron chi connectivity index (χ0n) is 21.1. The fourth-order valence-corrected chi connectivity index (χ4v) is 2.83. The van der Waals surface area contributed by atoms with Gasteiger partial charge >= 0.3 is 42.0 Å². The fraction of sp³-hybridized carbons (Fsp3) is 0.684. The molecule has 2 aliphatic heterocycles. The van der Waals surface area contributed by atoms with Gasteiger partial charge in [-0.05, 0) is 0 Å². The predicted octanol–water partition coefficient (Wildman–Crippen LogP) is -10.7. The van der Waals surface area contributed by atoms with Gasteiger partial charge < -0.3 is 90.4 Å². The van der Waals surface area contributed by atoms with E-state index in [2.05, 4.69) is 18.9 Å². The van der Waals surface area contributed by atoms with Crippen molar-refractivity contribution in [1.29, 1.82) is 0 Å². The van der Waals surface area contributed by atoms with E-state index < -0.39 is 115 Å². The first-order chi connectivity index (χ1) is 19.6.